The van der Waals surface area contributed by atoms with Crippen LogP contribution in [0.3, 0.4) is 0 Å². The van der Waals surface area contributed by atoms with E-state index in [0.29, 0.717) is 19.6 Å². The molecule has 1 fully saturated rings. The molecule has 1 aliphatic rings. The van der Waals surface area contributed by atoms with E-state index in [1.807, 2.05) is 37.3 Å². The number of aryl methyl sites for hydroxylation is 1. The Morgan fingerprint density at radius 1 is 1.16 bits per heavy atom. The van der Waals surface area contributed by atoms with Crippen LogP contribution in [0.5, 0.6) is 0 Å². The summed E-state index contributed by atoms with van der Waals surface area (Å²) in [5.41, 5.74) is 2.59. The van der Waals surface area contributed by atoms with Crippen LogP contribution in [-0.4, -0.2) is 31.3 Å². The Hall–Kier alpha value is -2.33. The van der Waals surface area contributed by atoms with E-state index in [0.717, 1.165) is 11.1 Å². The van der Waals surface area contributed by atoms with Gasteiger partial charge in [0.1, 0.15) is 0 Å². The van der Waals surface area contributed by atoms with Gasteiger partial charge in [0.25, 0.3) is 0 Å². The van der Waals surface area contributed by atoms with Crippen molar-refractivity contribution in [1.82, 2.24) is 4.90 Å². The normalized spacial score (nSPS) is 21.7. The lowest BCUT2D eigenvalue weighted by Gasteiger charge is -2.43. The molecular weight excluding hydrogens is 314 g/mol. The average molecular weight is 339 g/mol. The number of hydrogen-bond acceptors (Lipinski definition) is 3. The van der Waals surface area contributed by atoms with Crippen molar-refractivity contribution in [3.8, 4) is 0 Å². The molecule has 0 radical (unpaired) electrons. The predicted octanol–water partition coefficient (Wildman–Crippen LogP) is 4.44. The number of ether oxygens (including phenoxy) is 2. The molecule has 0 saturated carbocycles. The molecule has 0 N–H and O–H groups in total. The highest BCUT2D eigenvalue weighted by Crippen LogP contribution is 2.37. The van der Waals surface area contributed by atoms with Crippen molar-refractivity contribution in [2.45, 2.75) is 31.9 Å². The molecule has 1 amide bonds. The fourth-order valence-corrected chi connectivity index (χ4v) is 3.41. The van der Waals surface area contributed by atoms with Gasteiger partial charge in [0.2, 0.25) is 0 Å². The molecular formula is C21H25NO3. The van der Waals surface area contributed by atoms with E-state index in [4.69, 9.17) is 9.47 Å². The second-order valence-electron chi connectivity index (χ2n) is 6.69. The molecule has 0 aliphatic carbocycles. The number of carbonyl (C=O) groups excluding carboxylic acids is 1. The third-order valence-electron chi connectivity index (χ3n) is 4.98. The van der Waals surface area contributed by atoms with E-state index in [2.05, 4.69) is 31.2 Å². The van der Waals surface area contributed by atoms with Gasteiger partial charge in [-0.3, -0.25) is 0 Å². The summed E-state index contributed by atoms with van der Waals surface area (Å²) in [5, 5.41) is 0. The standard InChI is InChI=1S/C21H25NO3/c1-16-9-11-18(12-10-16)17(2)22-14-13-21(15-24-3,25-20(22)23)19-7-5-4-6-8-19/h4-12,17H,13-15H2,1-3H3/t17-,21-/m0/s1. The maximum atomic E-state index is 12.8. The fraction of sp³-hybridized carbons (Fsp3) is 0.381. The fourth-order valence-electron chi connectivity index (χ4n) is 3.41. The van der Waals surface area contributed by atoms with Gasteiger partial charge in [-0.05, 0) is 25.0 Å². The van der Waals surface area contributed by atoms with Gasteiger partial charge in [-0.25, -0.2) is 4.79 Å². The Kier molecular flexibility index (Phi) is 5.09. The quantitative estimate of drug-likeness (QED) is 0.808. The highest BCUT2D eigenvalue weighted by molar-refractivity contribution is 5.70. The van der Waals surface area contributed by atoms with Gasteiger partial charge >= 0.3 is 6.09 Å². The summed E-state index contributed by atoms with van der Waals surface area (Å²) in [7, 11) is 1.64. The highest BCUT2D eigenvalue weighted by Gasteiger charge is 2.43. The average Bonchev–Trinajstić information content (AvgIpc) is 2.63. The summed E-state index contributed by atoms with van der Waals surface area (Å²) in [6, 6.07) is 18.1. The SMILES string of the molecule is COC[C@]1(c2ccccc2)CCN([C@@H](C)c2ccc(C)cc2)C(=O)O1. The van der Waals surface area contributed by atoms with E-state index < -0.39 is 5.60 Å². The summed E-state index contributed by atoms with van der Waals surface area (Å²) in [6.07, 6.45) is 0.410. The molecule has 1 heterocycles. The maximum absolute atomic E-state index is 12.8. The molecule has 0 aromatic heterocycles. The second kappa shape index (κ2) is 7.28. The predicted molar refractivity (Wildman–Crippen MR) is 97.4 cm³/mol. The molecule has 3 rings (SSSR count). The van der Waals surface area contributed by atoms with Crippen LogP contribution < -0.4 is 0 Å². The van der Waals surface area contributed by atoms with E-state index in [1.165, 1.54) is 5.56 Å². The van der Waals surface area contributed by atoms with Crippen molar-refractivity contribution < 1.29 is 14.3 Å². The lowest BCUT2D eigenvalue weighted by atomic mass is 9.89. The largest absolute Gasteiger partial charge is 0.435 e. The molecule has 1 saturated heterocycles. The smallest absolute Gasteiger partial charge is 0.411 e. The van der Waals surface area contributed by atoms with Crippen molar-refractivity contribution in [1.29, 1.82) is 0 Å². The molecule has 0 bridgehead atoms. The zero-order valence-electron chi connectivity index (χ0n) is 15.1. The maximum Gasteiger partial charge on any atom is 0.411 e. The number of amides is 1. The zero-order valence-corrected chi connectivity index (χ0v) is 15.1. The molecule has 4 nitrogen and oxygen atoms in total. The van der Waals surface area contributed by atoms with Crippen molar-refractivity contribution in [3.63, 3.8) is 0 Å². The monoisotopic (exact) mass is 339 g/mol. The van der Waals surface area contributed by atoms with Gasteiger partial charge in [0, 0.05) is 20.1 Å². The lowest BCUT2D eigenvalue weighted by Crippen LogP contribution is -2.50. The van der Waals surface area contributed by atoms with Crippen LogP contribution in [0, 0.1) is 6.92 Å². The molecule has 0 unspecified atom stereocenters. The van der Waals surface area contributed by atoms with Gasteiger partial charge < -0.3 is 14.4 Å². The van der Waals surface area contributed by atoms with Crippen LogP contribution >= 0.6 is 0 Å². The number of rotatable bonds is 5. The number of cyclic esters (lactones) is 1. The van der Waals surface area contributed by atoms with Crippen molar-refractivity contribution in [2.75, 3.05) is 20.3 Å². The number of nitrogens with zero attached hydrogens (tertiary/aromatic N) is 1. The van der Waals surface area contributed by atoms with Crippen LogP contribution in [-0.2, 0) is 15.1 Å². The summed E-state index contributed by atoms with van der Waals surface area (Å²) >= 11 is 0. The Labute approximate surface area is 149 Å². The van der Waals surface area contributed by atoms with Crippen LogP contribution in [0.4, 0.5) is 4.79 Å². The van der Waals surface area contributed by atoms with Crippen molar-refractivity contribution in [3.05, 3.63) is 71.3 Å². The minimum Gasteiger partial charge on any atom is -0.435 e. The second-order valence-corrected chi connectivity index (χ2v) is 6.69. The Balaban J connectivity index is 1.81. The minimum absolute atomic E-state index is 0.0237. The molecule has 2 atom stereocenters. The highest BCUT2D eigenvalue weighted by atomic mass is 16.6. The Morgan fingerprint density at radius 3 is 2.44 bits per heavy atom. The van der Waals surface area contributed by atoms with Gasteiger partial charge in [-0.15, -0.1) is 0 Å². The first-order valence-corrected chi connectivity index (χ1v) is 8.66. The van der Waals surface area contributed by atoms with Gasteiger partial charge in [0.15, 0.2) is 5.60 Å². The summed E-state index contributed by atoms with van der Waals surface area (Å²) in [4.78, 5) is 14.6. The van der Waals surface area contributed by atoms with E-state index >= 15 is 0 Å². The zero-order chi connectivity index (χ0) is 17.9. The Bertz CT molecular complexity index is 714. The molecule has 2 aromatic carbocycles. The third kappa shape index (κ3) is 3.54. The third-order valence-corrected chi connectivity index (χ3v) is 4.98. The first kappa shape index (κ1) is 17.5. The van der Waals surface area contributed by atoms with Crippen LogP contribution in [0.2, 0.25) is 0 Å². The Morgan fingerprint density at radius 2 is 1.84 bits per heavy atom. The van der Waals surface area contributed by atoms with Gasteiger partial charge in [0.05, 0.1) is 12.6 Å². The van der Waals surface area contributed by atoms with E-state index in [-0.39, 0.29) is 12.1 Å². The first-order valence-electron chi connectivity index (χ1n) is 8.66. The first-order chi connectivity index (χ1) is 12.1. The van der Waals surface area contributed by atoms with Crippen LogP contribution in [0.15, 0.2) is 54.6 Å². The summed E-state index contributed by atoms with van der Waals surface area (Å²) < 4.78 is 11.3. The summed E-state index contributed by atoms with van der Waals surface area (Å²) in [6.45, 7) is 5.09. The van der Waals surface area contributed by atoms with Crippen LogP contribution in [0.1, 0.15) is 36.1 Å². The molecule has 132 valence electrons. The topological polar surface area (TPSA) is 38.8 Å². The van der Waals surface area contributed by atoms with E-state index in [9.17, 15) is 4.79 Å². The molecule has 25 heavy (non-hydrogen) atoms. The van der Waals surface area contributed by atoms with Crippen molar-refractivity contribution >= 4 is 6.09 Å². The molecule has 4 heteroatoms. The van der Waals surface area contributed by atoms with Gasteiger partial charge in [-0.1, -0.05) is 60.2 Å². The van der Waals surface area contributed by atoms with Crippen molar-refractivity contribution in [2.24, 2.45) is 0 Å². The summed E-state index contributed by atoms with van der Waals surface area (Å²) in [5.74, 6) is 0. The lowest BCUT2D eigenvalue weighted by molar-refractivity contribution is -0.0964. The minimum atomic E-state index is -0.712. The van der Waals surface area contributed by atoms with Gasteiger partial charge in [-0.2, -0.15) is 0 Å². The molecule has 2 aromatic rings. The molecule has 0 spiro atoms. The number of benzene rings is 2. The number of methoxy groups -OCH3 is 1. The number of hydrogen-bond donors (Lipinski definition) is 0. The molecule has 1 aliphatic heterocycles. The van der Waals surface area contributed by atoms with Crippen LogP contribution in [0.25, 0.3) is 0 Å². The van der Waals surface area contributed by atoms with E-state index in [1.54, 1.807) is 12.0 Å². The number of carbonyl (C=O) groups is 1.